The fraction of sp³-hybridized carbons (Fsp3) is 0.200. The standard InChI is InChI=1S/C15H14ClFN2O/c1-9-6-11(7-10(2)14(9)17)8-18-15(20)12-4-3-5-13(16)19-12/h3-7H,8H2,1-2H3,(H,18,20). The fourth-order valence-corrected chi connectivity index (χ4v) is 2.11. The van der Waals surface area contributed by atoms with Crippen molar-refractivity contribution < 1.29 is 9.18 Å². The van der Waals surface area contributed by atoms with Crippen LogP contribution in [0.25, 0.3) is 0 Å². The van der Waals surface area contributed by atoms with Crippen LogP contribution >= 0.6 is 11.6 Å². The Bertz CT molecular complexity index is 635. The van der Waals surface area contributed by atoms with Crippen LogP contribution in [0, 0.1) is 19.7 Å². The first-order valence-electron chi connectivity index (χ1n) is 6.14. The number of rotatable bonds is 3. The van der Waals surface area contributed by atoms with Crippen LogP contribution < -0.4 is 5.32 Å². The summed E-state index contributed by atoms with van der Waals surface area (Å²) < 4.78 is 13.5. The summed E-state index contributed by atoms with van der Waals surface area (Å²) in [4.78, 5) is 15.8. The molecule has 1 heterocycles. The molecular weight excluding hydrogens is 279 g/mol. The maximum absolute atomic E-state index is 13.5. The lowest BCUT2D eigenvalue weighted by Gasteiger charge is -2.08. The van der Waals surface area contributed by atoms with E-state index in [9.17, 15) is 9.18 Å². The van der Waals surface area contributed by atoms with Crippen molar-refractivity contribution in [2.75, 3.05) is 0 Å². The van der Waals surface area contributed by atoms with Gasteiger partial charge in [0.25, 0.3) is 5.91 Å². The molecule has 104 valence electrons. The van der Waals surface area contributed by atoms with Crippen molar-refractivity contribution in [2.45, 2.75) is 20.4 Å². The number of benzene rings is 1. The maximum Gasteiger partial charge on any atom is 0.270 e. The predicted molar refractivity (Wildman–Crippen MR) is 76.3 cm³/mol. The van der Waals surface area contributed by atoms with Gasteiger partial charge in [0.2, 0.25) is 0 Å². The monoisotopic (exact) mass is 292 g/mol. The number of hydrogen-bond donors (Lipinski definition) is 1. The third-order valence-corrected chi connectivity index (χ3v) is 3.11. The second-order valence-corrected chi connectivity index (χ2v) is 4.96. The first-order chi connectivity index (χ1) is 9.47. The molecule has 0 fully saturated rings. The zero-order chi connectivity index (χ0) is 14.7. The van der Waals surface area contributed by atoms with Gasteiger partial charge in [0.05, 0.1) is 0 Å². The van der Waals surface area contributed by atoms with E-state index in [0.717, 1.165) is 5.56 Å². The minimum Gasteiger partial charge on any atom is -0.347 e. The molecule has 1 aromatic heterocycles. The molecular formula is C15H14ClFN2O. The van der Waals surface area contributed by atoms with Crippen LogP contribution in [0.2, 0.25) is 5.15 Å². The molecule has 0 saturated carbocycles. The molecule has 0 aliphatic heterocycles. The van der Waals surface area contributed by atoms with Gasteiger partial charge in [-0.3, -0.25) is 4.79 Å². The van der Waals surface area contributed by atoms with E-state index in [4.69, 9.17) is 11.6 Å². The third kappa shape index (κ3) is 3.33. The van der Waals surface area contributed by atoms with Gasteiger partial charge in [0.1, 0.15) is 16.7 Å². The highest BCUT2D eigenvalue weighted by Crippen LogP contribution is 2.14. The second kappa shape index (κ2) is 6.01. The molecule has 1 amide bonds. The van der Waals surface area contributed by atoms with Gasteiger partial charge in [0.15, 0.2) is 0 Å². The smallest absolute Gasteiger partial charge is 0.270 e. The van der Waals surface area contributed by atoms with Crippen molar-refractivity contribution >= 4 is 17.5 Å². The Balaban J connectivity index is 2.07. The van der Waals surface area contributed by atoms with E-state index in [-0.39, 0.29) is 22.6 Å². The van der Waals surface area contributed by atoms with Gasteiger partial charge in [-0.15, -0.1) is 0 Å². The van der Waals surface area contributed by atoms with E-state index >= 15 is 0 Å². The highest BCUT2D eigenvalue weighted by molar-refractivity contribution is 6.29. The Labute approximate surface area is 121 Å². The summed E-state index contributed by atoms with van der Waals surface area (Å²) in [6.45, 7) is 3.72. The maximum atomic E-state index is 13.5. The van der Waals surface area contributed by atoms with E-state index in [1.165, 1.54) is 0 Å². The summed E-state index contributed by atoms with van der Waals surface area (Å²) in [5, 5.41) is 3.00. The van der Waals surface area contributed by atoms with Crippen molar-refractivity contribution in [3.05, 3.63) is 63.7 Å². The molecule has 2 rings (SSSR count). The van der Waals surface area contributed by atoms with Crippen LogP contribution in [0.1, 0.15) is 27.2 Å². The zero-order valence-electron chi connectivity index (χ0n) is 11.2. The van der Waals surface area contributed by atoms with Gasteiger partial charge in [-0.25, -0.2) is 9.37 Å². The fourth-order valence-electron chi connectivity index (χ4n) is 1.95. The number of halogens is 2. The Morgan fingerprint density at radius 2 is 1.95 bits per heavy atom. The molecule has 0 bridgehead atoms. The zero-order valence-corrected chi connectivity index (χ0v) is 12.0. The Hall–Kier alpha value is -1.94. The number of aromatic nitrogens is 1. The van der Waals surface area contributed by atoms with Gasteiger partial charge in [-0.2, -0.15) is 0 Å². The molecule has 0 radical (unpaired) electrons. The SMILES string of the molecule is Cc1cc(CNC(=O)c2cccc(Cl)n2)cc(C)c1F. The van der Waals surface area contributed by atoms with Gasteiger partial charge in [-0.05, 0) is 42.7 Å². The van der Waals surface area contributed by atoms with Crippen molar-refractivity contribution in [1.29, 1.82) is 0 Å². The Kier molecular flexibility index (Phi) is 4.35. The number of hydrogen-bond acceptors (Lipinski definition) is 2. The number of nitrogens with zero attached hydrogens (tertiary/aromatic N) is 1. The molecule has 0 saturated heterocycles. The normalized spacial score (nSPS) is 10.4. The minimum absolute atomic E-state index is 0.211. The lowest BCUT2D eigenvalue weighted by atomic mass is 10.1. The van der Waals surface area contributed by atoms with E-state index in [2.05, 4.69) is 10.3 Å². The van der Waals surface area contributed by atoms with Crippen molar-refractivity contribution in [3.63, 3.8) is 0 Å². The second-order valence-electron chi connectivity index (χ2n) is 4.57. The van der Waals surface area contributed by atoms with Crippen LogP contribution in [0.5, 0.6) is 0 Å². The van der Waals surface area contributed by atoms with Gasteiger partial charge >= 0.3 is 0 Å². The van der Waals surface area contributed by atoms with Crippen LogP contribution in [0.4, 0.5) is 4.39 Å². The number of carbonyl (C=O) groups excluding carboxylic acids is 1. The average Bonchev–Trinajstić information content (AvgIpc) is 2.42. The van der Waals surface area contributed by atoms with E-state index in [1.54, 1.807) is 44.2 Å². The molecule has 0 spiro atoms. The summed E-state index contributed by atoms with van der Waals surface area (Å²) in [6, 6.07) is 8.28. The first-order valence-corrected chi connectivity index (χ1v) is 6.51. The lowest BCUT2D eigenvalue weighted by Crippen LogP contribution is -2.24. The van der Waals surface area contributed by atoms with Gasteiger partial charge in [-0.1, -0.05) is 29.8 Å². The van der Waals surface area contributed by atoms with Crippen LogP contribution in [0.3, 0.4) is 0 Å². The van der Waals surface area contributed by atoms with Crippen LogP contribution in [0.15, 0.2) is 30.3 Å². The third-order valence-electron chi connectivity index (χ3n) is 2.90. The molecule has 1 N–H and O–H groups in total. The van der Waals surface area contributed by atoms with E-state index in [0.29, 0.717) is 17.7 Å². The lowest BCUT2D eigenvalue weighted by molar-refractivity contribution is 0.0946. The molecule has 2 aromatic rings. The summed E-state index contributed by atoms with van der Waals surface area (Å²) in [6.07, 6.45) is 0. The number of amides is 1. The van der Waals surface area contributed by atoms with Crippen molar-refractivity contribution in [3.8, 4) is 0 Å². The first kappa shape index (κ1) is 14.5. The quantitative estimate of drug-likeness (QED) is 0.881. The van der Waals surface area contributed by atoms with E-state index < -0.39 is 0 Å². The Morgan fingerprint density at radius 3 is 2.55 bits per heavy atom. The molecule has 0 aliphatic carbocycles. The number of carbonyl (C=O) groups is 1. The Morgan fingerprint density at radius 1 is 1.30 bits per heavy atom. The van der Waals surface area contributed by atoms with Crippen molar-refractivity contribution in [2.24, 2.45) is 0 Å². The summed E-state index contributed by atoms with van der Waals surface area (Å²) >= 11 is 5.73. The van der Waals surface area contributed by atoms with Crippen molar-refractivity contribution in [1.82, 2.24) is 10.3 Å². The largest absolute Gasteiger partial charge is 0.347 e. The van der Waals surface area contributed by atoms with E-state index in [1.807, 2.05) is 0 Å². The summed E-state index contributed by atoms with van der Waals surface area (Å²) in [5.41, 5.74) is 2.23. The van der Waals surface area contributed by atoms with Gasteiger partial charge in [0, 0.05) is 6.54 Å². The summed E-state index contributed by atoms with van der Waals surface area (Å²) in [5.74, 6) is -0.524. The minimum atomic E-state index is -0.313. The highest BCUT2D eigenvalue weighted by Gasteiger charge is 2.09. The van der Waals surface area contributed by atoms with Gasteiger partial charge < -0.3 is 5.32 Å². The van der Waals surface area contributed by atoms with Crippen LogP contribution in [-0.4, -0.2) is 10.9 Å². The summed E-state index contributed by atoms with van der Waals surface area (Å²) in [7, 11) is 0. The number of pyridine rings is 1. The molecule has 20 heavy (non-hydrogen) atoms. The highest BCUT2D eigenvalue weighted by atomic mass is 35.5. The molecule has 0 atom stereocenters. The molecule has 1 aromatic carbocycles. The van der Waals surface area contributed by atoms with Crippen LogP contribution in [-0.2, 0) is 6.54 Å². The topological polar surface area (TPSA) is 42.0 Å². The average molecular weight is 293 g/mol. The molecule has 0 unspecified atom stereocenters. The number of aryl methyl sites for hydroxylation is 2. The predicted octanol–water partition coefficient (Wildman–Crippen LogP) is 3.42. The molecule has 5 heteroatoms. The molecule has 3 nitrogen and oxygen atoms in total. The number of nitrogens with one attached hydrogen (secondary N) is 1. The molecule has 0 aliphatic rings.